The number of anilines is 1. The third kappa shape index (κ3) is 6.85. The molecule has 0 bridgehead atoms. The fourth-order valence-corrected chi connectivity index (χ4v) is 8.43. The summed E-state index contributed by atoms with van der Waals surface area (Å²) >= 11 is 0. The normalized spacial score (nSPS) is 21.3. The molecule has 55 heavy (non-hydrogen) atoms. The second-order valence-corrected chi connectivity index (χ2v) is 15.5. The summed E-state index contributed by atoms with van der Waals surface area (Å²) in [6.45, 7) is 7.54. The SMILES string of the molecule is CCC1(COc2c(F)cc(N3[C@@H](c4ccc5nc[nH]c5c4)CC[C@@H]3c3ccc4nc([C@@H]5CCCN5C(=O)C(NC(=O)OC)C(C)C)[nH]c4c3)cc2F)COC1. The Hall–Kier alpha value is -5.24. The van der Waals surface area contributed by atoms with Gasteiger partial charge in [-0.3, -0.25) is 4.79 Å². The molecule has 0 saturated carbocycles. The van der Waals surface area contributed by atoms with Crippen LogP contribution in [0.4, 0.5) is 19.3 Å². The van der Waals surface area contributed by atoms with Gasteiger partial charge in [0.1, 0.15) is 11.9 Å². The van der Waals surface area contributed by atoms with E-state index in [1.807, 2.05) is 45.0 Å². The molecule has 3 aromatic carbocycles. The van der Waals surface area contributed by atoms with E-state index >= 15 is 8.78 Å². The lowest BCUT2D eigenvalue weighted by Crippen LogP contribution is -2.51. The minimum absolute atomic E-state index is 0.146. The number of imidazole rings is 2. The van der Waals surface area contributed by atoms with Gasteiger partial charge >= 0.3 is 6.09 Å². The molecule has 3 aliphatic heterocycles. The van der Waals surface area contributed by atoms with Crippen molar-refractivity contribution in [3.05, 3.63) is 83.4 Å². The summed E-state index contributed by atoms with van der Waals surface area (Å²) in [7, 11) is 1.28. The van der Waals surface area contributed by atoms with E-state index in [1.54, 1.807) is 11.2 Å². The van der Waals surface area contributed by atoms with E-state index in [4.69, 9.17) is 19.2 Å². The first kappa shape index (κ1) is 36.7. The van der Waals surface area contributed by atoms with E-state index in [0.717, 1.165) is 65.3 Å². The molecule has 290 valence electrons. The molecule has 5 heterocycles. The fourth-order valence-electron chi connectivity index (χ4n) is 8.43. The third-order valence-corrected chi connectivity index (χ3v) is 11.7. The molecule has 3 saturated heterocycles. The average Bonchev–Trinajstić information content (AvgIpc) is 3.98. The number of rotatable bonds is 11. The number of halogens is 2. The van der Waals surface area contributed by atoms with Crippen LogP contribution in [0.25, 0.3) is 22.1 Å². The second-order valence-electron chi connectivity index (χ2n) is 15.5. The van der Waals surface area contributed by atoms with Crippen molar-refractivity contribution < 1.29 is 32.6 Å². The van der Waals surface area contributed by atoms with Crippen molar-refractivity contribution in [2.24, 2.45) is 11.3 Å². The maximum absolute atomic E-state index is 15.9. The van der Waals surface area contributed by atoms with Gasteiger partial charge in [0, 0.05) is 24.4 Å². The highest BCUT2D eigenvalue weighted by Gasteiger charge is 2.41. The standard InChI is InChI=1S/C41H47F2N7O5/c1-5-41(19-54-20-41)21-55-37-27(42)17-26(18-28(37)43)50-33(24-8-10-29-31(15-24)45-22-44-29)12-13-34(50)25-9-11-30-32(16-25)47-38(46-30)35-7-6-14-49(35)39(51)36(23(2)3)48-40(52)53-4/h8-11,15-18,22-23,33-36H,5-7,12-14,19-21H2,1-4H3,(H,44,45)(H,46,47)(H,48,52)/t33-,34-,35+,36?/m1/s1. The molecule has 0 radical (unpaired) electrons. The van der Waals surface area contributed by atoms with Crippen molar-refractivity contribution in [1.82, 2.24) is 30.2 Å². The summed E-state index contributed by atoms with van der Waals surface area (Å²) in [4.78, 5) is 45.7. The highest BCUT2D eigenvalue weighted by atomic mass is 19.1. The van der Waals surface area contributed by atoms with Gasteiger partial charge in [-0.05, 0) is 73.4 Å². The van der Waals surface area contributed by atoms with Crippen LogP contribution in [0.1, 0.15) is 88.0 Å². The van der Waals surface area contributed by atoms with E-state index in [9.17, 15) is 9.59 Å². The number of carbonyl (C=O) groups is 2. The largest absolute Gasteiger partial charge is 0.487 e. The molecule has 3 N–H and O–H groups in total. The number of aromatic amines is 2. The van der Waals surface area contributed by atoms with Gasteiger partial charge in [-0.25, -0.2) is 23.5 Å². The number of H-pyrrole nitrogens is 2. The quantitative estimate of drug-likeness (QED) is 0.125. The molecule has 5 aromatic rings. The predicted molar refractivity (Wildman–Crippen MR) is 203 cm³/mol. The molecule has 2 amide bonds. The number of fused-ring (bicyclic) bond motifs is 2. The van der Waals surface area contributed by atoms with Crippen LogP contribution in [0.15, 0.2) is 54.9 Å². The summed E-state index contributed by atoms with van der Waals surface area (Å²) in [6.07, 6.45) is 4.79. The van der Waals surface area contributed by atoms with Gasteiger partial charge in [-0.15, -0.1) is 0 Å². The van der Waals surface area contributed by atoms with Crippen molar-refractivity contribution in [2.45, 2.75) is 77.0 Å². The first-order chi connectivity index (χ1) is 26.6. The Labute approximate surface area is 317 Å². The van der Waals surface area contributed by atoms with Gasteiger partial charge in [0.05, 0.1) is 78.9 Å². The lowest BCUT2D eigenvalue weighted by Gasteiger charge is -2.40. The Morgan fingerprint density at radius 3 is 2.31 bits per heavy atom. The summed E-state index contributed by atoms with van der Waals surface area (Å²) in [5.74, 6) is -1.52. The first-order valence-electron chi connectivity index (χ1n) is 19.1. The fraction of sp³-hybridized carbons (Fsp3) is 0.463. The van der Waals surface area contributed by atoms with Crippen molar-refractivity contribution in [2.75, 3.05) is 38.4 Å². The highest BCUT2D eigenvalue weighted by molar-refractivity contribution is 5.86. The summed E-state index contributed by atoms with van der Waals surface area (Å²) in [5, 5.41) is 2.70. The number of hydrogen-bond acceptors (Lipinski definition) is 8. The number of likely N-dealkylation sites (tertiary alicyclic amines) is 1. The highest BCUT2D eigenvalue weighted by Crippen LogP contribution is 2.49. The summed E-state index contributed by atoms with van der Waals surface area (Å²) in [6, 6.07) is 13.4. The topological polar surface area (TPSA) is 138 Å². The van der Waals surface area contributed by atoms with Crippen LogP contribution < -0.4 is 15.0 Å². The molecule has 0 aliphatic carbocycles. The third-order valence-electron chi connectivity index (χ3n) is 11.7. The van der Waals surface area contributed by atoms with Crippen molar-refractivity contribution in [3.63, 3.8) is 0 Å². The lowest BCUT2D eigenvalue weighted by molar-refractivity contribution is -0.135. The number of aromatic nitrogens is 4. The van der Waals surface area contributed by atoms with E-state index in [1.165, 1.54) is 19.2 Å². The Morgan fingerprint density at radius 2 is 1.67 bits per heavy atom. The zero-order valence-corrected chi connectivity index (χ0v) is 31.5. The summed E-state index contributed by atoms with van der Waals surface area (Å²) in [5.41, 5.74) is 5.43. The van der Waals surface area contributed by atoms with Crippen LogP contribution in [0.5, 0.6) is 5.75 Å². The smallest absolute Gasteiger partial charge is 0.407 e. The van der Waals surface area contributed by atoms with Crippen LogP contribution in [-0.4, -0.2) is 76.4 Å². The molecule has 14 heteroatoms. The maximum Gasteiger partial charge on any atom is 0.407 e. The number of alkyl carbamates (subject to hydrolysis) is 1. The zero-order valence-electron chi connectivity index (χ0n) is 31.5. The molecule has 3 aliphatic rings. The van der Waals surface area contributed by atoms with Gasteiger partial charge in [0.2, 0.25) is 5.91 Å². The van der Waals surface area contributed by atoms with Gasteiger partial charge in [0.15, 0.2) is 17.4 Å². The van der Waals surface area contributed by atoms with Gasteiger partial charge < -0.3 is 39.3 Å². The minimum Gasteiger partial charge on any atom is -0.487 e. The number of nitrogens with one attached hydrogen (secondary N) is 3. The number of methoxy groups -OCH3 is 1. The van der Waals surface area contributed by atoms with E-state index in [0.29, 0.717) is 31.3 Å². The molecule has 2 aromatic heterocycles. The average molecular weight is 756 g/mol. The monoisotopic (exact) mass is 755 g/mol. The summed E-state index contributed by atoms with van der Waals surface area (Å²) < 4.78 is 47.8. The predicted octanol–water partition coefficient (Wildman–Crippen LogP) is 7.65. The number of amides is 2. The number of ether oxygens (including phenoxy) is 3. The number of benzene rings is 3. The van der Waals surface area contributed by atoms with Crippen molar-refractivity contribution in [3.8, 4) is 5.75 Å². The molecule has 3 fully saturated rings. The second kappa shape index (κ2) is 14.8. The van der Waals surface area contributed by atoms with Crippen LogP contribution in [0, 0.1) is 23.0 Å². The van der Waals surface area contributed by atoms with Gasteiger partial charge in [-0.1, -0.05) is 32.9 Å². The molecule has 8 rings (SSSR count). The van der Waals surface area contributed by atoms with Crippen LogP contribution in [0.3, 0.4) is 0 Å². The Balaban J connectivity index is 1.11. The Morgan fingerprint density at radius 1 is 0.982 bits per heavy atom. The molecule has 1 unspecified atom stereocenters. The number of hydrogen-bond donors (Lipinski definition) is 3. The first-order valence-corrected chi connectivity index (χ1v) is 19.1. The number of nitrogens with zero attached hydrogens (tertiary/aromatic N) is 4. The maximum atomic E-state index is 15.9. The van der Waals surface area contributed by atoms with Crippen LogP contribution in [-0.2, 0) is 14.3 Å². The van der Waals surface area contributed by atoms with E-state index in [2.05, 4.69) is 37.3 Å². The Kier molecular flexibility index (Phi) is 9.87. The van der Waals surface area contributed by atoms with E-state index in [-0.39, 0.29) is 47.7 Å². The van der Waals surface area contributed by atoms with Crippen molar-refractivity contribution in [1.29, 1.82) is 0 Å². The van der Waals surface area contributed by atoms with Gasteiger partial charge in [0.25, 0.3) is 0 Å². The van der Waals surface area contributed by atoms with Gasteiger partial charge in [-0.2, -0.15) is 0 Å². The van der Waals surface area contributed by atoms with Crippen LogP contribution in [0.2, 0.25) is 0 Å². The molecule has 0 spiro atoms. The molecule has 12 nitrogen and oxygen atoms in total. The molecular formula is C41H47F2N7O5. The minimum atomic E-state index is -0.749. The Bertz CT molecular complexity index is 2190. The lowest BCUT2D eigenvalue weighted by atomic mass is 9.84. The molecule has 4 atom stereocenters. The zero-order chi connectivity index (χ0) is 38.4. The van der Waals surface area contributed by atoms with E-state index < -0.39 is 23.8 Å². The number of carbonyl (C=O) groups excluding carboxylic acids is 2. The van der Waals surface area contributed by atoms with Crippen molar-refractivity contribution >= 4 is 39.8 Å². The van der Waals surface area contributed by atoms with Crippen LogP contribution >= 0.6 is 0 Å². The molecular weight excluding hydrogens is 708 g/mol.